The number of nitrogens with zero attached hydrogens (tertiary/aromatic N) is 1. The van der Waals surface area contributed by atoms with E-state index >= 15 is 0 Å². The number of likely N-dealkylation sites (tertiary alicyclic amines) is 1. The van der Waals surface area contributed by atoms with Gasteiger partial charge >= 0.3 is 5.97 Å². The molecule has 29 heavy (non-hydrogen) atoms. The van der Waals surface area contributed by atoms with E-state index in [9.17, 15) is 19.2 Å². The second-order valence-electron chi connectivity index (χ2n) is 7.45. The van der Waals surface area contributed by atoms with Gasteiger partial charge in [-0.15, -0.1) is 0 Å². The van der Waals surface area contributed by atoms with Crippen LogP contribution in [0.3, 0.4) is 0 Å². The Hall–Kier alpha value is -1.74. The summed E-state index contributed by atoms with van der Waals surface area (Å²) in [5.41, 5.74) is 2.47. The van der Waals surface area contributed by atoms with E-state index in [2.05, 4.69) is 37.2 Å². The maximum Gasteiger partial charge on any atom is 0.326 e. The number of aryl methyl sites for hydroxylation is 2. The first kappa shape index (κ1) is 22.0. The molecule has 0 unspecified atom stereocenters. The van der Waals surface area contributed by atoms with Crippen molar-refractivity contribution < 1.29 is 23.9 Å². The largest absolute Gasteiger partial charge is 0.454 e. The van der Waals surface area contributed by atoms with E-state index < -0.39 is 36.9 Å². The number of nitrogens with one attached hydrogen (secondary N) is 1. The molecule has 1 N–H and O–H groups in total. The van der Waals surface area contributed by atoms with Crippen LogP contribution >= 0.6 is 31.9 Å². The normalized spacial score (nSPS) is 26.3. The summed E-state index contributed by atoms with van der Waals surface area (Å²) in [5, 5.41) is 2.72. The number of hydrogen-bond acceptors (Lipinski definition) is 5. The van der Waals surface area contributed by atoms with Crippen LogP contribution in [-0.4, -0.2) is 51.4 Å². The van der Waals surface area contributed by atoms with Crippen molar-refractivity contribution >= 4 is 61.2 Å². The van der Waals surface area contributed by atoms with E-state index in [-0.39, 0.29) is 21.5 Å². The quantitative estimate of drug-likeness (QED) is 0.359. The topological polar surface area (TPSA) is 92.8 Å². The molecule has 1 saturated carbocycles. The Balaban J connectivity index is 1.54. The molecule has 3 amide bonds. The lowest BCUT2D eigenvalue weighted by Gasteiger charge is -2.29. The molecule has 2 aliphatic rings. The van der Waals surface area contributed by atoms with Crippen LogP contribution in [0.1, 0.15) is 24.0 Å². The maximum atomic E-state index is 12.6. The molecule has 2 fully saturated rings. The first-order valence-electron chi connectivity index (χ1n) is 9.34. The number of ether oxygens (including phenoxy) is 1. The zero-order chi connectivity index (χ0) is 21.3. The number of halogens is 2. The minimum atomic E-state index is -0.784. The Kier molecular flexibility index (Phi) is 6.78. The van der Waals surface area contributed by atoms with E-state index in [0.717, 1.165) is 16.0 Å². The van der Waals surface area contributed by atoms with Crippen molar-refractivity contribution in [1.82, 2.24) is 4.90 Å². The lowest BCUT2D eigenvalue weighted by atomic mass is 9.81. The van der Waals surface area contributed by atoms with Gasteiger partial charge in [0.05, 0.1) is 11.8 Å². The molecule has 0 radical (unpaired) electrons. The van der Waals surface area contributed by atoms with Crippen LogP contribution in [0.2, 0.25) is 0 Å². The number of carbonyl (C=O) groups is 4. The van der Waals surface area contributed by atoms with Crippen LogP contribution < -0.4 is 5.32 Å². The molecule has 156 valence electrons. The van der Waals surface area contributed by atoms with Crippen LogP contribution in [0.25, 0.3) is 0 Å². The summed E-state index contributed by atoms with van der Waals surface area (Å²) >= 11 is 7.04. The summed E-state index contributed by atoms with van der Waals surface area (Å²) in [6.07, 6.45) is 1.07. The van der Waals surface area contributed by atoms with Crippen molar-refractivity contribution in [2.45, 2.75) is 36.3 Å². The van der Waals surface area contributed by atoms with Crippen molar-refractivity contribution in [3.05, 3.63) is 29.3 Å². The van der Waals surface area contributed by atoms with Crippen molar-refractivity contribution in [2.75, 3.05) is 18.5 Å². The Morgan fingerprint density at radius 3 is 2.10 bits per heavy atom. The molecule has 1 saturated heterocycles. The Labute approximate surface area is 185 Å². The third-order valence-corrected chi connectivity index (χ3v) is 8.13. The SMILES string of the molecule is Cc1cccc(C)c1NC(=O)COC(=O)CN1C(=O)[C@@H]2C[C@@H](Br)[C@@H](Br)C[C@H]2C1=O. The zero-order valence-electron chi connectivity index (χ0n) is 16.1. The van der Waals surface area contributed by atoms with Gasteiger partial charge in [-0.3, -0.25) is 24.1 Å². The van der Waals surface area contributed by atoms with Gasteiger partial charge in [0.2, 0.25) is 11.8 Å². The van der Waals surface area contributed by atoms with Crippen molar-refractivity contribution in [3.63, 3.8) is 0 Å². The minimum Gasteiger partial charge on any atom is -0.454 e. The summed E-state index contributed by atoms with van der Waals surface area (Å²) in [4.78, 5) is 50.6. The second-order valence-corrected chi connectivity index (χ2v) is 9.81. The van der Waals surface area contributed by atoms with Gasteiger partial charge in [0, 0.05) is 15.3 Å². The van der Waals surface area contributed by atoms with Gasteiger partial charge in [0.1, 0.15) is 6.54 Å². The van der Waals surface area contributed by atoms with E-state index in [1.165, 1.54) is 0 Å². The number of amides is 3. The number of alkyl halides is 2. The van der Waals surface area contributed by atoms with Crippen LogP contribution in [0.4, 0.5) is 5.69 Å². The van der Waals surface area contributed by atoms with Gasteiger partial charge in [-0.1, -0.05) is 50.1 Å². The monoisotopic (exact) mass is 528 g/mol. The van der Waals surface area contributed by atoms with Gasteiger partial charge in [-0.25, -0.2) is 0 Å². The zero-order valence-corrected chi connectivity index (χ0v) is 19.3. The molecule has 1 aliphatic carbocycles. The molecule has 1 aromatic rings. The first-order valence-corrected chi connectivity index (χ1v) is 11.2. The minimum absolute atomic E-state index is 0.0981. The fourth-order valence-corrected chi connectivity index (χ4v) is 5.06. The van der Waals surface area contributed by atoms with E-state index in [4.69, 9.17) is 4.74 Å². The summed E-state index contributed by atoms with van der Waals surface area (Å²) in [6.45, 7) is 2.78. The Bertz CT molecular complexity index is 811. The standard InChI is InChI=1S/C20H22Br2N2O5/c1-10-4-3-5-11(2)18(10)23-16(25)9-29-17(26)8-24-19(27)12-6-14(21)15(22)7-13(12)20(24)28/h3-5,12-15H,6-9H2,1-2H3,(H,23,25)/t12-,13-,14-,15+/m1/s1. The number of para-hydroxylation sites is 1. The number of hydrogen-bond donors (Lipinski definition) is 1. The van der Waals surface area contributed by atoms with Gasteiger partial charge < -0.3 is 10.1 Å². The van der Waals surface area contributed by atoms with E-state index in [0.29, 0.717) is 18.5 Å². The summed E-state index contributed by atoms with van der Waals surface area (Å²) in [6, 6.07) is 5.62. The molecule has 1 aliphatic heterocycles. The summed E-state index contributed by atoms with van der Waals surface area (Å²) in [5.74, 6) is -2.79. The Morgan fingerprint density at radius 2 is 1.59 bits per heavy atom. The maximum absolute atomic E-state index is 12.6. The van der Waals surface area contributed by atoms with Gasteiger partial charge in [-0.2, -0.15) is 0 Å². The van der Waals surface area contributed by atoms with Gasteiger partial charge in [0.25, 0.3) is 5.91 Å². The number of benzene rings is 1. The number of fused-ring (bicyclic) bond motifs is 1. The van der Waals surface area contributed by atoms with Crippen LogP contribution in [0, 0.1) is 25.7 Å². The fraction of sp³-hybridized carbons (Fsp3) is 0.500. The predicted molar refractivity (Wildman–Crippen MR) is 114 cm³/mol. The molecule has 1 aromatic carbocycles. The Morgan fingerprint density at radius 1 is 1.07 bits per heavy atom. The third-order valence-electron chi connectivity index (χ3n) is 5.40. The molecule has 0 spiro atoms. The van der Waals surface area contributed by atoms with Crippen LogP contribution in [0.5, 0.6) is 0 Å². The van der Waals surface area contributed by atoms with Crippen molar-refractivity contribution in [2.24, 2.45) is 11.8 Å². The lowest BCUT2D eigenvalue weighted by Crippen LogP contribution is -2.37. The van der Waals surface area contributed by atoms with Gasteiger partial charge in [-0.05, 0) is 37.8 Å². The van der Waals surface area contributed by atoms with Gasteiger partial charge in [0.15, 0.2) is 6.61 Å². The highest BCUT2D eigenvalue weighted by Crippen LogP contribution is 2.43. The highest BCUT2D eigenvalue weighted by atomic mass is 79.9. The number of rotatable bonds is 5. The number of esters is 1. The van der Waals surface area contributed by atoms with E-state index in [1.54, 1.807) is 0 Å². The van der Waals surface area contributed by atoms with Crippen LogP contribution in [-0.2, 0) is 23.9 Å². The average molecular weight is 530 g/mol. The number of anilines is 1. The summed E-state index contributed by atoms with van der Waals surface area (Å²) < 4.78 is 4.99. The number of carbonyl (C=O) groups excluding carboxylic acids is 4. The fourth-order valence-electron chi connectivity index (χ4n) is 3.83. The number of imide groups is 1. The molecule has 9 heteroatoms. The van der Waals surface area contributed by atoms with Crippen molar-refractivity contribution in [1.29, 1.82) is 0 Å². The first-order chi connectivity index (χ1) is 13.7. The molecule has 7 nitrogen and oxygen atoms in total. The lowest BCUT2D eigenvalue weighted by molar-refractivity contribution is -0.154. The molecular formula is C20H22Br2N2O5. The molecule has 0 bridgehead atoms. The molecular weight excluding hydrogens is 508 g/mol. The van der Waals surface area contributed by atoms with Crippen molar-refractivity contribution in [3.8, 4) is 0 Å². The summed E-state index contributed by atoms with van der Waals surface area (Å²) in [7, 11) is 0. The highest BCUT2D eigenvalue weighted by molar-refractivity contribution is 9.12. The average Bonchev–Trinajstić information content (AvgIpc) is 2.88. The third kappa shape index (κ3) is 4.71. The highest BCUT2D eigenvalue weighted by Gasteiger charge is 2.52. The smallest absolute Gasteiger partial charge is 0.326 e. The van der Waals surface area contributed by atoms with Crippen LogP contribution in [0.15, 0.2) is 18.2 Å². The molecule has 3 rings (SSSR count). The molecule has 4 atom stereocenters. The molecule has 0 aromatic heterocycles. The predicted octanol–water partition coefficient (Wildman–Crippen LogP) is 2.71. The molecule has 1 heterocycles. The van der Waals surface area contributed by atoms with E-state index in [1.807, 2.05) is 32.0 Å². The second kappa shape index (κ2) is 8.95.